The second-order valence-electron chi connectivity index (χ2n) is 6.34. The second kappa shape index (κ2) is 8.24. The fourth-order valence-corrected chi connectivity index (χ4v) is 2.25. The monoisotopic (exact) mass is 262 g/mol. The molecule has 1 nitrogen and oxygen atoms in total. The van der Waals surface area contributed by atoms with Gasteiger partial charge < -0.3 is 4.74 Å². The molecule has 1 aromatic rings. The molecular formula is C18H30O. The lowest BCUT2D eigenvalue weighted by molar-refractivity contribution is 0.274. The summed E-state index contributed by atoms with van der Waals surface area (Å²) in [4.78, 5) is 0. The van der Waals surface area contributed by atoms with Crippen LogP contribution in [-0.4, -0.2) is 6.61 Å². The van der Waals surface area contributed by atoms with Crippen molar-refractivity contribution in [3.8, 4) is 5.75 Å². The quantitative estimate of drug-likeness (QED) is 0.598. The first kappa shape index (κ1) is 16.1. The van der Waals surface area contributed by atoms with Crippen molar-refractivity contribution >= 4 is 0 Å². The minimum Gasteiger partial charge on any atom is -0.493 e. The van der Waals surface area contributed by atoms with Crippen LogP contribution in [0.1, 0.15) is 57.6 Å². The topological polar surface area (TPSA) is 9.23 Å². The number of benzene rings is 1. The summed E-state index contributed by atoms with van der Waals surface area (Å²) in [5, 5.41) is 0. The fraction of sp³-hybridized carbons (Fsp3) is 0.667. The van der Waals surface area contributed by atoms with Gasteiger partial charge in [0.2, 0.25) is 0 Å². The Hall–Kier alpha value is -0.980. The van der Waals surface area contributed by atoms with Gasteiger partial charge in [0.1, 0.15) is 5.75 Å². The van der Waals surface area contributed by atoms with Crippen molar-refractivity contribution in [2.45, 2.75) is 60.3 Å². The summed E-state index contributed by atoms with van der Waals surface area (Å²) in [6.07, 6.45) is 5.18. The molecule has 19 heavy (non-hydrogen) atoms. The molecule has 1 unspecified atom stereocenters. The van der Waals surface area contributed by atoms with Crippen molar-refractivity contribution in [3.05, 3.63) is 29.3 Å². The molecular weight excluding hydrogens is 232 g/mol. The summed E-state index contributed by atoms with van der Waals surface area (Å²) in [5.74, 6) is 2.65. The van der Waals surface area contributed by atoms with E-state index in [-0.39, 0.29) is 0 Å². The zero-order valence-corrected chi connectivity index (χ0v) is 13.3. The van der Waals surface area contributed by atoms with E-state index < -0.39 is 0 Å². The number of hydrogen-bond donors (Lipinski definition) is 0. The van der Waals surface area contributed by atoms with Crippen molar-refractivity contribution in [1.82, 2.24) is 0 Å². The van der Waals surface area contributed by atoms with Crippen LogP contribution in [0, 0.1) is 25.7 Å². The van der Waals surface area contributed by atoms with E-state index >= 15 is 0 Å². The summed E-state index contributed by atoms with van der Waals surface area (Å²) in [5.41, 5.74) is 2.50. The first-order valence-electron chi connectivity index (χ1n) is 7.69. The SMILES string of the molecule is Cc1ccc(C)c(OCCC(C)CCCC(C)C)c1. The van der Waals surface area contributed by atoms with E-state index in [9.17, 15) is 0 Å². The van der Waals surface area contributed by atoms with Crippen LogP contribution in [0.15, 0.2) is 18.2 Å². The van der Waals surface area contributed by atoms with E-state index in [1.54, 1.807) is 0 Å². The third kappa shape index (κ3) is 6.66. The Morgan fingerprint density at radius 3 is 2.42 bits per heavy atom. The fourth-order valence-electron chi connectivity index (χ4n) is 2.25. The van der Waals surface area contributed by atoms with Gasteiger partial charge in [-0.25, -0.2) is 0 Å². The van der Waals surface area contributed by atoms with Gasteiger partial charge in [-0.3, -0.25) is 0 Å². The van der Waals surface area contributed by atoms with Gasteiger partial charge >= 0.3 is 0 Å². The highest BCUT2D eigenvalue weighted by Crippen LogP contribution is 2.20. The zero-order chi connectivity index (χ0) is 14.3. The van der Waals surface area contributed by atoms with Gasteiger partial charge in [-0.2, -0.15) is 0 Å². The molecule has 1 rings (SSSR count). The maximum atomic E-state index is 5.92. The highest BCUT2D eigenvalue weighted by Gasteiger charge is 2.05. The summed E-state index contributed by atoms with van der Waals surface area (Å²) in [6, 6.07) is 6.41. The van der Waals surface area contributed by atoms with E-state index in [0.29, 0.717) is 0 Å². The van der Waals surface area contributed by atoms with Gasteiger partial charge in [-0.15, -0.1) is 0 Å². The molecule has 0 amide bonds. The van der Waals surface area contributed by atoms with Crippen LogP contribution < -0.4 is 4.74 Å². The van der Waals surface area contributed by atoms with Crippen molar-refractivity contribution in [3.63, 3.8) is 0 Å². The van der Waals surface area contributed by atoms with Crippen LogP contribution in [-0.2, 0) is 0 Å². The van der Waals surface area contributed by atoms with Gasteiger partial charge in [-0.1, -0.05) is 52.2 Å². The lowest BCUT2D eigenvalue weighted by Crippen LogP contribution is -2.05. The second-order valence-corrected chi connectivity index (χ2v) is 6.34. The number of rotatable bonds is 8. The molecule has 0 saturated heterocycles. The Morgan fingerprint density at radius 2 is 1.74 bits per heavy atom. The Bertz CT molecular complexity index is 368. The minimum atomic E-state index is 0.767. The highest BCUT2D eigenvalue weighted by molar-refractivity contribution is 5.35. The summed E-state index contributed by atoms with van der Waals surface area (Å²) >= 11 is 0. The van der Waals surface area contributed by atoms with Crippen molar-refractivity contribution in [2.24, 2.45) is 11.8 Å². The molecule has 1 aromatic carbocycles. The Kier molecular flexibility index (Phi) is 6.97. The zero-order valence-electron chi connectivity index (χ0n) is 13.3. The van der Waals surface area contributed by atoms with Gasteiger partial charge in [0.15, 0.2) is 0 Å². The summed E-state index contributed by atoms with van der Waals surface area (Å²) < 4.78 is 5.92. The maximum Gasteiger partial charge on any atom is 0.122 e. The normalized spacial score (nSPS) is 12.7. The lowest BCUT2D eigenvalue weighted by Gasteiger charge is -2.14. The lowest BCUT2D eigenvalue weighted by atomic mass is 9.98. The average molecular weight is 262 g/mol. The number of ether oxygens (including phenoxy) is 1. The van der Waals surface area contributed by atoms with Crippen molar-refractivity contribution in [1.29, 1.82) is 0 Å². The van der Waals surface area contributed by atoms with Crippen LogP contribution in [0.5, 0.6) is 5.75 Å². The van der Waals surface area contributed by atoms with E-state index in [2.05, 4.69) is 52.8 Å². The van der Waals surface area contributed by atoms with E-state index in [4.69, 9.17) is 4.74 Å². The molecule has 108 valence electrons. The maximum absolute atomic E-state index is 5.92. The predicted molar refractivity (Wildman–Crippen MR) is 83.9 cm³/mol. The molecule has 0 saturated carbocycles. The molecule has 0 fully saturated rings. The van der Waals surface area contributed by atoms with Gasteiger partial charge in [0.25, 0.3) is 0 Å². The predicted octanol–water partition coefficient (Wildman–Crippen LogP) is 5.53. The van der Waals surface area contributed by atoms with Crippen LogP contribution in [0.2, 0.25) is 0 Å². The van der Waals surface area contributed by atoms with Crippen molar-refractivity contribution < 1.29 is 4.74 Å². The first-order chi connectivity index (χ1) is 8.99. The van der Waals surface area contributed by atoms with Crippen LogP contribution in [0.25, 0.3) is 0 Å². The molecule has 0 aliphatic rings. The largest absolute Gasteiger partial charge is 0.493 e. The molecule has 0 spiro atoms. The molecule has 0 radical (unpaired) electrons. The van der Waals surface area contributed by atoms with Gasteiger partial charge in [0, 0.05) is 0 Å². The molecule has 0 heterocycles. The molecule has 0 aromatic heterocycles. The van der Waals surface area contributed by atoms with Crippen LogP contribution >= 0.6 is 0 Å². The number of hydrogen-bond acceptors (Lipinski definition) is 1. The van der Waals surface area contributed by atoms with Gasteiger partial charge in [0.05, 0.1) is 6.61 Å². The summed E-state index contributed by atoms with van der Waals surface area (Å²) in [6.45, 7) is 12.0. The molecule has 0 aliphatic carbocycles. The van der Waals surface area contributed by atoms with E-state index in [1.807, 2.05) is 0 Å². The van der Waals surface area contributed by atoms with E-state index in [1.165, 1.54) is 30.4 Å². The third-order valence-corrected chi connectivity index (χ3v) is 3.69. The minimum absolute atomic E-state index is 0.767. The molecule has 1 atom stereocenters. The van der Waals surface area contributed by atoms with Gasteiger partial charge in [-0.05, 0) is 49.3 Å². The first-order valence-corrected chi connectivity index (χ1v) is 7.69. The highest BCUT2D eigenvalue weighted by atomic mass is 16.5. The molecule has 1 heteroatoms. The van der Waals surface area contributed by atoms with Crippen LogP contribution in [0.3, 0.4) is 0 Å². The molecule has 0 bridgehead atoms. The standard InChI is InChI=1S/C18H30O/c1-14(2)7-6-8-15(3)11-12-19-18-13-16(4)9-10-17(18)5/h9-10,13-15H,6-8,11-12H2,1-5H3. The third-order valence-electron chi connectivity index (χ3n) is 3.69. The number of aryl methyl sites for hydroxylation is 2. The Morgan fingerprint density at radius 1 is 1.00 bits per heavy atom. The molecule has 0 N–H and O–H groups in total. The van der Waals surface area contributed by atoms with E-state index in [0.717, 1.165) is 30.6 Å². The Labute approximate surface area is 119 Å². The van der Waals surface area contributed by atoms with Crippen molar-refractivity contribution in [2.75, 3.05) is 6.61 Å². The smallest absolute Gasteiger partial charge is 0.122 e. The Balaban J connectivity index is 2.24. The van der Waals surface area contributed by atoms with Crippen LogP contribution in [0.4, 0.5) is 0 Å². The molecule has 0 aliphatic heterocycles. The average Bonchev–Trinajstić information content (AvgIpc) is 2.33. The summed E-state index contributed by atoms with van der Waals surface area (Å²) in [7, 11) is 0.